The predicted molar refractivity (Wildman–Crippen MR) is 61.8 cm³/mol. The summed E-state index contributed by atoms with van der Waals surface area (Å²) in [5.41, 5.74) is 7.21. The van der Waals surface area contributed by atoms with E-state index in [1.807, 2.05) is 0 Å². The molecule has 5 heteroatoms. The van der Waals surface area contributed by atoms with E-state index < -0.39 is 0 Å². The number of halogens is 2. The molecule has 84 valence electrons. The van der Waals surface area contributed by atoms with Gasteiger partial charge in [-0.05, 0) is 36.6 Å². The summed E-state index contributed by atoms with van der Waals surface area (Å²) < 4.78 is 13.0. The van der Waals surface area contributed by atoms with Crippen molar-refractivity contribution in [3.8, 4) is 0 Å². The number of benzene rings is 1. The van der Waals surface area contributed by atoms with Gasteiger partial charge in [0.05, 0.1) is 5.69 Å². The van der Waals surface area contributed by atoms with Crippen LogP contribution in [0.3, 0.4) is 0 Å². The highest BCUT2D eigenvalue weighted by molar-refractivity contribution is 6.30. The van der Waals surface area contributed by atoms with Crippen molar-refractivity contribution in [2.24, 2.45) is 0 Å². The second-order valence-electron chi connectivity index (χ2n) is 3.59. The van der Waals surface area contributed by atoms with Crippen LogP contribution in [-0.2, 0) is 12.8 Å². The third-order valence-corrected chi connectivity index (χ3v) is 2.46. The van der Waals surface area contributed by atoms with Gasteiger partial charge in [0.2, 0.25) is 0 Å². The average Bonchev–Trinajstić information content (AvgIpc) is 2.60. The van der Waals surface area contributed by atoms with Gasteiger partial charge in [0.1, 0.15) is 11.6 Å². The lowest BCUT2D eigenvalue weighted by Crippen LogP contribution is -1.92. The number of rotatable bonds is 3. The van der Waals surface area contributed by atoms with Gasteiger partial charge in [-0.3, -0.25) is 5.10 Å². The van der Waals surface area contributed by atoms with Crippen LogP contribution in [-0.4, -0.2) is 10.2 Å². The molecule has 0 saturated carbocycles. The molecule has 0 spiro atoms. The topological polar surface area (TPSA) is 54.7 Å². The summed E-state index contributed by atoms with van der Waals surface area (Å²) in [6, 6.07) is 6.28. The molecule has 0 radical (unpaired) electrons. The minimum absolute atomic E-state index is 0.316. The largest absolute Gasteiger partial charge is 0.384 e. The van der Waals surface area contributed by atoms with Gasteiger partial charge in [0.15, 0.2) is 0 Å². The molecule has 0 aliphatic carbocycles. The van der Waals surface area contributed by atoms with Crippen molar-refractivity contribution in [2.45, 2.75) is 12.8 Å². The minimum atomic E-state index is -0.316. The second-order valence-corrected chi connectivity index (χ2v) is 4.03. The van der Waals surface area contributed by atoms with Crippen molar-refractivity contribution in [1.29, 1.82) is 0 Å². The quantitative estimate of drug-likeness (QED) is 0.865. The zero-order valence-electron chi connectivity index (χ0n) is 8.50. The molecule has 3 N–H and O–H groups in total. The number of hydrogen-bond donors (Lipinski definition) is 2. The van der Waals surface area contributed by atoms with Gasteiger partial charge in [-0.1, -0.05) is 11.6 Å². The SMILES string of the molecule is Nc1cc(CCc2cc(F)cc(Cl)c2)n[nH]1. The number of H-pyrrole nitrogens is 1. The Morgan fingerprint density at radius 2 is 2.06 bits per heavy atom. The lowest BCUT2D eigenvalue weighted by atomic mass is 10.1. The molecule has 0 saturated heterocycles. The highest BCUT2D eigenvalue weighted by atomic mass is 35.5. The number of aryl methyl sites for hydroxylation is 2. The maximum atomic E-state index is 13.0. The Labute approximate surface area is 97.4 Å². The number of aromatic amines is 1. The summed E-state index contributed by atoms with van der Waals surface area (Å²) in [5.74, 6) is 0.219. The Morgan fingerprint density at radius 3 is 2.69 bits per heavy atom. The molecule has 1 aromatic carbocycles. The molecular weight excluding hydrogens is 229 g/mol. The number of nitrogen functional groups attached to an aromatic ring is 1. The summed E-state index contributed by atoms with van der Waals surface area (Å²) in [4.78, 5) is 0. The van der Waals surface area contributed by atoms with E-state index in [1.54, 1.807) is 12.1 Å². The van der Waals surface area contributed by atoms with Gasteiger partial charge >= 0.3 is 0 Å². The average molecular weight is 240 g/mol. The first-order valence-electron chi connectivity index (χ1n) is 4.88. The van der Waals surface area contributed by atoms with Crippen molar-refractivity contribution in [2.75, 3.05) is 5.73 Å². The number of nitrogens with zero attached hydrogens (tertiary/aromatic N) is 1. The van der Waals surface area contributed by atoms with Crippen LogP contribution in [0.25, 0.3) is 0 Å². The van der Waals surface area contributed by atoms with Crippen LogP contribution in [0.15, 0.2) is 24.3 Å². The molecule has 0 atom stereocenters. The molecule has 0 fully saturated rings. The molecule has 3 nitrogen and oxygen atoms in total. The Hall–Kier alpha value is -1.55. The van der Waals surface area contributed by atoms with E-state index in [1.165, 1.54) is 12.1 Å². The Kier molecular flexibility index (Phi) is 3.10. The number of hydrogen-bond acceptors (Lipinski definition) is 2. The van der Waals surface area contributed by atoms with Crippen molar-refractivity contribution >= 4 is 17.4 Å². The van der Waals surface area contributed by atoms with Crippen molar-refractivity contribution < 1.29 is 4.39 Å². The Bertz CT molecular complexity index is 475. The normalized spacial score (nSPS) is 10.6. The third-order valence-electron chi connectivity index (χ3n) is 2.24. The molecule has 0 bridgehead atoms. The summed E-state index contributed by atoms with van der Waals surface area (Å²) in [7, 11) is 0. The first kappa shape index (κ1) is 11.0. The maximum Gasteiger partial charge on any atom is 0.124 e. The van der Waals surface area contributed by atoms with Gasteiger partial charge in [0.25, 0.3) is 0 Å². The summed E-state index contributed by atoms with van der Waals surface area (Å²) >= 11 is 5.75. The van der Waals surface area contributed by atoms with Crippen molar-refractivity contribution in [1.82, 2.24) is 10.2 Å². The van der Waals surface area contributed by atoms with Crippen LogP contribution in [0.4, 0.5) is 10.2 Å². The molecule has 1 heterocycles. The highest BCUT2D eigenvalue weighted by Gasteiger charge is 2.02. The van der Waals surface area contributed by atoms with Crippen LogP contribution < -0.4 is 5.73 Å². The van der Waals surface area contributed by atoms with E-state index in [4.69, 9.17) is 17.3 Å². The monoisotopic (exact) mass is 239 g/mol. The summed E-state index contributed by atoms with van der Waals surface area (Å²) in [5, 5.41) is 7.07. The van der Waals surface area contributed by atoms with Crippen LogP contribution in [0.1, 0.15) is 11.3 Å². The van der Waals surface area contributed by atoms with Gasteiger partial charge in [-0.2, -0.15) is 5.10 Å². The standard InChI is InChI=1S/C11H11ClFN3/c12-8-3-7(4-9(13)5-8)1-2-10-6-11(14)16-15-10/h3-6H,1-2H2,(H3,14,15,16). The number of nitrogens with one attached hydrogen (secondary N) is 1. The number of nitrogens with two attached hydrogens (primary N) is 1. The molecule has 2 aromatic rings. The van der Waals surface area contributed by atoms with Gasteiger partial charge < -0.3 is 5.73 Å². The van der Waals surface area contributed by atoms with Gasteiger partial charge in [-0.25, -0.2) is 4.39 Å². The lowest BCUT2D eigenvalue weighted by molar-refractivity contribution is 0.625. The Morgan fingerprint density at radius 1 is 1.25 bits per heavy atom. The highest BCUT2D eigenvalue weighted by Crippen LogP contribution is 2.15. The number of aromatic nitrogens is 2. The smallest absolute Gasteiger partial charge is 0.124 e. The zero-order valence-corrected chi connectivity index (χ0v) is 9.26. The minimum Gasteiger partial charge on any atom is -0.384 e. The van der Waals surface area contributed by atoms with Crippen molar-refractivity contribution in [3.63, 3.8) is 0 Å². The van der Waals surface area contributed by atoms with Crippen LogP contribution in [0, 0.1) is 5.82 Å². The molecule has 0 aliphatic heterocycles. The third kappa shape index (κ3) is 2.73. The first-order chi connectivity index (χ1) is 7.63. The van der Waals surface area contributed by atoms with E-state index in [2.05, 4.69) is 10.2 Å². The fourth-order valence-electron chi connectivity index (χ4n) is 1.54. The van der Waals surface area contributed by atoms with E-state index in [0.717, 1.165) is 11.3 Å². The summed E-state index contributed by atoms with van der Waals surface area (Å²) in [6.07, 6.45) is 1.38. The van der Waals surface area contributed by atoms with Crippen molar-refractivity contribution in [3.05, 3.63) is 46.4 Å². The molecular formula is C11H11ClFN3. The van der Waals surface area contributed by atoms with Crippen LogP contribution >= 0.6 is 11.6 Å². The molecule has 1 aromatic heterocycles. The molecule has 0 aliphatic rings. The molecule has 2 rings (SSSR count). The fourth-order valence-corrected chi connectivity index (χ4v) is 1.78. The maximum absolute atomic E-state index is 13.0. The van der Waals surface area contributed by atoms with E-state index >= 15 is 0 Å². The lowest BCUT2D eigenvalue weighted by Gasteiger charge is -2.00. The molecule has 16 heavy (non-hydrogen) atoms. The summed E-state index contributed by atoms with van der Waals surface area (Å²) in [6.45, 7) is 0. The first-order valence-corrected chi connectivity index (χ1v) is 5.26. The van der Waals surface area contributed by atoms with E-state index in [-0.39, 0.29) is 5.82 Å². The van der Waals surface area contributed by atoms with E-state index in [0.29, 0.717) is 23.7 Å². The van der Waals surface area contributed by atoms with Crippen LogP contribution in [0.5, 0.6) is 0 Å². The fraction of sp³-hybridized carbons (Fsp3) is 0.182. The molecule has 0 unspecified atom stereocenters. The Balaban J connectivity index is 2.04. The zero-order chi connectivity index (χ0) is 11.5. The number of anilines is 1. The predicted octanol–water partition coefficient (Wildman–Crippen LogP) is 2.57. The molecule has 0 amide bonds. The van der Waals surface area contributed by atoms with Gasteiger partial charge in [-0.15, -0.1) is 0 Å². The van der Waals surface area contributed by atoms with Crippen LogP contribution in [0.2, 0.25) is 5.02 Å². The van der Waals surface area contributed by atoms with E-state index in [9.17, 15) is 4.39 Å². The van der Waals surface area contributed by atoms with Gasteiger partial charge in [0, 0.05) is 11.1 Å². The second kappa shape index (κ2) is 4.53.